The maximum absolute atomic E-state index is 5.78. The Labute approximate surface area is 143 Å². The van der Waals surface area contributed by atoms with Crippen molar-refractivity contribution in [3.8, 4) is 11.5 Å². The molecule has 0 radical (unpaired) electrons. The fourth-order valence-electron chi connectivity index (χ4n) is 2.12. The van der Waals surface area contributed by atoms with Crippen LogP contribution in [0.25, 0.3) is 0 Å². The van der Waals surface area contributed by atoms with Gasteiger partial charge in [0.25, 0.3) is 0 Å². The largest absolute Gasteiger partial charge is 0.489 e. The minimum absolute atomic E-state index is 0.460. The molecular formula is C18H17BrN2O2. The van der Waals surface area contributed by atoms with Crippen molar-refractivity contribution in [2.45, 2.75) is 13.2 Å². The number of hydrogen-bond donors (Lipinski definition) is 0. The molecule has 0 aliphatic carbocycles. The lowest BCUT2D eigenvalue weighted by Crippen LogP contribution is -2.03. The molecule has 0 unspecified atom stereocenters. The first-order valence-corrected chi connectivity index (χ1v) is 8.07. The Morgan fingerprint density at radius 2 is 1.52 bits per heavy atom. The van der Waals surface area contributed by atoms with E-state index in [2.05, 4.69) is 21.0 Å². The van der Waals surface area contributed by atoms with Crippen LogP contribution in [0.1, 0.15) is 11.3 Å². The Balaban J connectivity index is 1.55. The summed E-state index contributed by atoms with van der Waals surface area (Å²) < 4.78 is 14.3. The maximum Gasteiger partial charge on any atom is 0.131 e. The Morgan fingerprint density at radius 3 is 2.09 bits per heavy atom. The molecular weight excluding hydrogens is 356 g/mol. The van der Waals surface area contributed by atoms with Crippen LogP contribution in [0, 0.1) is 0 Å². The third-order valence-corrected chi connectivity index (χ3v) is 4.12. The van der Waals surface area contributed by atoms with Crippen LogP contribution in [0.15, 0.2) is 65.3 Å². The van der Waals surface area contributed by atoms with Crippen molar-refractivity contribution in [1.82, 2.24) is 9.78 Å². The summed E-state index contributed by atoms with van der Waals surface area (Å²) in [5.41, 5.74) is 2.14. The molecule has 3 rings (SSSR count). The molecule has 1 aromatic heterocycles. The van der Waals surface area contributed by atoms with Gasteiger partial charge >= 0.3 is 0 Å². The van der Waals surface area contributed by atoms with Crippen LogP contribution in [0.5, 0.6) is 11.5 Å². The first kappa shape index (κ1) is 15.6. The summed E-state index contributed by atoms with van der Waals surface area (Å²) in [6.45, 7) is 1.02. The second-order valence-electron chi connectivity index (χ2n) is 5.10. The third-order valence-electron chi connectivity index (χ3n) is 3.46. The number of halogens is 1. The van der Waals surface area contributed by atoms with Gasteiger partial charge < -0.3 is 9.47 Å². The van der Waals surface area contributed by atoms with E-state index in [0.29, 0.717) is 13.2 Å². The highest BCUT2D eigenvalue weighted by atomic mass is 79.9. The molecule has 0 atom stereocenters. The topological polar surface area (TPSA) is 36.3 Å². The Morgan fingerprint density at radius 1 is 0.913 bits per heavy atom. The summed E-state index contributed by atoms with van der Waals surface area (Å²) in [6, 6.07) is 17.7. The summed E-state index contributed by atoms with van der Waals surface area (Å²) in [5.74, 6) is 1.62. The minimum atomic E-state index is 0.460. The van der Waals surface area contributed by atoms with Crippen molar-refractivity contribution in [3.05, 3.63) is 76.5 Å². The number of ether oxygens (including phenoxy) is 2. The van der Waals surface area contributed by atoms with Gasteiger partial charge in [-0.3, -0.25) is 4.68 Å². The number of aromatic nitrogens is 2. The molecule has 0 bridgehead atoms. The molecule has 0 spiro atoms. The lowest BCUT2D eigenvalue weighted by molar-refractivity contribution is 0.289. The maximum atomic E-state index is 5.78. The fraction of sp³-hybridized carbons (Fsp3) is 0.167. The highest BCUT2D eigenvalue weighted by Gasteiger charge is 2.06. The van der Waals surface area contributed by atoms with Gasteiger partial charge in [-0.05, 0) is 45.8 Å². The highest BCUT2D eigenvalue weighted by Crippen LogP contribution is 2.21. The SMILES string of the molecule is Cn1ncc(Br)c1COc1ccc(OCc2ccccc2)cc1. The van der Waals surface area contributed by atoms with E-state index >= 15 is 0 Å². The van der Waals surface area contributed by atoms with Gasteiger partial charge in [0, 0.05) is 7.05 Å². The van der Waals surface area contributed by atoms with Crippen LogP contribution in [-0.4, -0.2) is 9.78 Å². The molecule has 0 aliphatic rings. The van der Waals surface area contributed by atoms with Crippen LogP contribution in [0.3, 0.4) is 0 Å². The number of benzene rings is 2. The normalized spacial score (nSPS) is 10.5. The van der Waals surface area contributed by atoms with Gasteiger partial charge in [0.05, 0.1) is 16.4 Å². The van der Waals surface area contributed by atoms with Crippen molar-refractivity contribution < 1.29 is 9.47 Å². The van der Waals surface area contributed by atoms with E-state index in [1.54, 1.807) is 10.9 Å². The Bertz CT molecular complexity index is 735. The zero-order valence-electron chi connectivity index (χ0n) is 12.8. The zero-order chi connectivity index (χ0) is 16.1. The number of rotatable bonds is 6. The van der Waals surface area contributed by atoms with Gasteiger partial charge in [0.2, 0.25) is 0 Å². The fourth-order valence-corrected chi connectivity index (χ4v) is 2.59. The van der Waals surface area contributed by atoms with Crippen LogP contribution < -0.4 is 9.47 Å². The zero-order valence-corrected chi connectivity index (χ0v) is 14.4. The molecule has 2 aromatic carbocycles. The summed E-state index contributed by atoms with van der Waals surface area (Å²) in [4.78, 5) is 0. The average molecular weight is 373 g/mol. The van der Waals surface area contributed by atoms with Gasteiger partial charge in [0.15, 0.2) is 0 Å². The second kappa shape index (κ2) is 7.33. The van der Waals surface area contributed by atoms with Crippen molar-refractivity contribution in [2.75, 3.05) is 0 Å². The molecule has 0 N–H and O–H groups in total. The van der Waals surface area contributed by atoms with Crippen LogP contribution in [-0.2, 0) is 20.3 Å². The van der Waals surface area contributed by atoms with E-state index in [1.807, 2.05) is 61.6 Å². The summed E-state index contributed by atoms with van der Waals surface area (Å²) in [7, 11) is 1.89. The molecule has 0 saturated carbocycles. The van der Waals surface area contributed by atoms with E-state index in [0.717, 1.165) is 27.2 Å². The quantitative estimate of drug-likeness (QED) is 0.645. The molecule has 5 heteroatoms. The van der Waals surface area contributed by atoms with E-state index in [-0.39, 0.29) is 0 Å². The van der Waals surface area contributed by atoms with Gasteiger partial charge in [-0.25, -0.2) is 0 Å². The molecule has 1 heterocycles. The standard InChI is InChI=1S/C18H17BrN2O2/c1-21-18(17(19)11-20-21)13-23-16-9-7-15(8-10-16)22-12-14-5-3-2-4-6-14/h2-11H,12-13H2,1H3. The molecule has 0 amide bonds. The molecule has 0 saturated heterocycles. The van der Waals surface area contributed by atoms with Crippen LogP contribution in [0.2, 0.25) is 0 Å². The van der Waals surface area contributed by atoms with E-state index in [9.17, 15) is 0 Å². The minimum Gasteiger partial charge on any atom is -0.489 e. The molecule has 3 aromatic rings. The number of aryl methyl sites for hydroxylation is 1. The van der Waals surface area contributed by atoms with Gasteiger partial charge in [-0.15, -0.1) is 0 Å². The monoisotopic (exact) mass is 372 g/mol. The van der Waals surface area contributed by atoms with E-state index < -0.39 is 0 Å². The van der Waals surface area contributed by atoms with E-state index in [1.165, 1.54) is 0 Å². The van der Waals surface area contributed by atoms with Crippen LogP contribution >= 0.6 is 15.9 Å². The summed E-state index contributed by atoms with van der Waals surface area (Å²) in [5, 5.41) is 4.17. The summed E-state index contributed by atoms with van der Waals surface area (Å²) in [6.07, 6.45) is 1.76. The number of hydrogen-bond acceptors (Lipinski definition) is 3. The van der Waals surface area contributed by atoms with E-state index in [4.69, 9.17) is 9.47 Å². The van der Waals surface area contributed by atoms with Gasteiger partial charge in [0.1, 0.15) is 24.7 Å². The van der Waals surface area contributed by atoms with Crippen molar-refractivity contribution in [2.24, 2.45) is 7.05 Å². The first-order valence-electron chi connectivity index (χ1n) is 7.28. The Hall–Kier alpha value is -2.27. The third kappa shape index (κ3) is 4.13. The molecule has 4 nitrogen and oxygen atoms in total. The second-order valence-corrected chi connectivity index (χ2v) is 5.95. The Kier molecular flexibility index (Phi) is 4.98. The number of nitrogens with zero attached hydrogens (tertiary/aromatic N) is 2. The predicted molar refractivity (Wildman–Crippen MR) is 92.5 cm³/mol. The van der Waals surface area contributed by atoms with Crippen molar-refractivity contribution in [3.63, 3.8) is 0 Å². The average Bonchev–Trinajstić information content (AvgIpc) is 2.91. The lowest BCUT2D eigenvalue weighted by Gasteiger charge is -2.09. The van der Waals surface area contributed by atoms with Crippen LogP contribution in [0.4, 0.5) is 0 Å². The van der Waals surface area contributed by atoms with Crippen molar-refractivity contribution >= 4 is 15.9 Å². The molecule has 23 heavy (non-hydrogen) atoms. The summed E-state index contributed by atoms with van der Waals surface area (Å²) >= 11 is 3.46. The van der Waals surface area contributed by atoms with Crippen molar-refractivity contribution in [1.29, 1.82) is 0 Å². The van der Waals surface area contributed by atoms with Gasteiger partial charge in [-0.1, -0.05) is 30.3 Å². The highest BCUT2D eigenvalue weighted by molar-refractivity contribution is 9.10. The lowest BCUT2D eigenvalue weighted by atomic mass is 10.2. The smallest absolute Gasteiger partial charge is 0.131 e. The molecule has 118 valence electrons. The molecule has 0 aliphatic heterocycles. The molecule has 0 fully saturated rings. The van der Waals surface area contributed by atoms with Gasteiger partial charge in [-0.2, -0.15) is 5.10 Å². The first-order chi connectivity index (χ1) is 11.2. The predicted octanol–water partition coefficient (Wildman–Crippen LogP) is 4.34.